The molecule has 1 atom stereocenters. The summed E-state index contributed by atoms with van der Waals surface area (Å²) >= 11 is 0. The summed E-state index contributed by atoms with van der Waals surface area (Å²) in [5, 5.41) is 16.5. The molecule has 1 aliphatic rings. The summed E-state index contributed by atoms with van der Waals surface area (Å²) in [7, 11) is 0. The van der Waals surface area contributed by atoms with Gasteiger partial charge < -0.3 is 10.4 Å². The first kappa shape index (κ1) is 21.7. The van der Waals surface area contributed by atoms with E-state index in [2.05, 4.69) is 15.4 Å². The van der Waals surface area contributed by atoms with Crippen LogP contribution in [0, 0.1) is 5.92 Å². The zero-order valence-corrected chi connectivity index (χ0v) is 16.7. The fraction of sp³-hybridized carbons (Fsp3) is 0.273. The lowest BCUT2D eigenvalue weighted by atomic mass is 10.1. The highest BCUT2D eigenvalue weighted by atomic mass is 19.4. The monoisotopic (exact) mass is 444 g/mol. The van der Waals surface area contributed by atoms with Crippen molar-refractivity contribution in [3.8, 4) is 16.9 Å². The number of halogens is 3. The molecule has 2 heterocycles. The maximum absolute atomic E-state index is 13.0. The Bertz CT molecular complexity index is 1170. The first-order valence-electron chi connectivity index (χ1n) is 9.92. The molecule has 166 valence electrons. The van der Waals surface area contributed by atoms with Crippen LogP contribution in [0.15, 0.2) is 59.7 Å². The summed E-state index contributed by atoms with van der Waals surface area (Å²) < 4.78 is 39.7. The highest BCUT2D eigenvalue weighted by Crippen LogP contribution is 2.33. The van der Waals surface area contributed by atoms with Gasteiger partial charge in [0.2, 0.25) is 0 Å². The maximum atomic E-state index is 13.0. The van der Waals surface area contributed by atoms with Crippen molar-refractivity contribution in [3.05, 3.63) is 76.3 Å². The van der Waals surface area contributed by atoms with E-state index in [0.717, 1.165) is 29.7 Å². The molecule has 0 spiro atoms. The summed E-state index contributed by atoms with van der Waals surface area (Å²) in [6.07, 6.45) is 0.140. The third-order valence-corrected chi connectivity index (χ3v) is 5.26. The number of hydrogen-bond acceptors (Lipinski definition) is 5. The molecule has 2 N–H and O–H groups in total. The molecule has 1 aromatic carbocycles. The predicted molar refractivity (Wildman–Crippen MR) is 109 cm³/mol. The number of aromatic nitrogens is 3. The molecule has 1 aliphatic carbocycles. The van der Waals surface area contributed by atoms with Crippen LogP contribution in [0.3, 0.4) is 0 Å². The van der Waals surface area contributed by atoms with Crippen LogP contribution in [0.25, 0.3) is 16.9 Å². The smallest absolute Gasteiger partial charge is 0.394 e. The second-order valence-electron chi connectivity index (χ2n) is 7.55. The van der Waals surface area contributed by atoms with Gasteiger partial charge >= 0.3 is 6.18 Å². The van der Waals surface area contributed by atoms with Crippen LogP contribution in [0.2, 0.25) is 0 Å². The number of pyridine rings is 1. The Balaban J connectivity index is 1.79. The van der Waals surface area contributed by atoms with Crippen LogP contribution >= 0.6 is 0 Å². The van der Waals surface area contributed by atoms with Gasteiger partial charge in [0.1, 0.15) is 5.56 Å². The maximum Gasteiger partial charge on any atom is 0.416 e. The number of carbonyl (C=O) groups excluding carboxylic acids is 1. The van der Waals surface area contributed by atoms with Gasteiger partial charge in [-0.1, -0.05) is 12.1 Å². The van der Waals surface area contributed by atoms with E-state index in [1.54, 1.807) is 12.1 Å². The highest BCUT2D eigenvalue weighted by Gasteiger charge is 2.33. The molecule has 0 bridgehead atoms. The molecule has 0 unspecified atom stereocenters. The van der Waals surface area contributed by atoms with Gasteiger partial charge in [0.05, 0.1) is 35.8 Å². The summed E-state index contributed by atoms with van der Waals surface area (Å²) in [5.41, 5.74) is -1.04. The molecule has 0 aliphatic heterocycles. The van der Waals surface area contributed by atoms with Gasteiger partial charge in [0.15, 0.2) is 0 Å². The molecule has 10 heteroatoms. The van der Waals surface area contributed by atoms with Crippen molar-refractivity contribution in [3.63, 3.8) is 0 Å². The molecule has 3 aromatic rings. The Hall–Kier alpha value is -3.53. The second kappa shape index (κ2) is 8.54. The van der Waals surface area contributed by atoms with Crippen LogP contribution < -0.4 is 10.9 Å². The number of carbonyl (C=O) groups is 1. The van der Waals surface area contributed by atoms with Gasteiger partial charge in [0.25, 0.3) is 11.5 Å². The van der Waals surface area contributed by atoms with Gasteiger partial charge in [-0.25, -0.2) is 0 Å². The van der Waals surface area contributed by atoms with Crippen molar-refractivity contribution in [1.82, 2.24) is 20.1 Å². The van der Waals surface area contributed by atoms with E-state index < -0.39 is 29.2 Å². The Morgan fingerprint density at radius 1 is 1.22 bits per heavy atom. The van der Waals surface area contributed by atoms with Crippen molar-refractivity contribution >= 4 is 5.91 Å². The average Bonchev–Trinajstić information content (AvgIpc) is 3.63. The number of amides is 1. The number of nitrogens with zero attached hydrogens (tertiary/aromatic N) is 3. The SMILES string of the molecule is O=C(N[C@H](CO)C1CC1)c1cc(-c2ccc(C(F)(F)F)cc2)nn(-c2cccnc2)c1=O. The molecular formula is C22H19F3N4O3. The van der Waals surface area contributed by atoms with Crippen molar-refractivity contribution in [2.24, 2.45) is 5.92 Å². The number of alkyl halides is 3. The molecule has 1 fully saturated rings. The lowest BCUT2D eigenvalue weighted by Crippen LogP contribution is -2.42. The quantitative estimate of drug-likeness (QED) is 0.610. The van der Waals surface area contributed by atoms with Gasteiger partial charge in [-0.05, 0) is 49.1 Å². The van der Waals surface area contributed by atoms with Gasteiger partial charge in [0, 0.05) is 11.8 Å². The average molecular weight is 444 g/mol. The lowest BCUT2D eigenvalue weighted by molar-refractivity contribution is -0.137. The number of benzene rings is 1. The number of aliphatic hydroxyl groups is 1. The standard InChI is InChI=1S/C22H19F3N4O3/c23-22(24,25)15-7-5-13(6-8-15)18-10-17(20(31)27-19(12-30)14-3-4-14)21(32)29(28-18)16-2-1-9-26-11-16/h1-2,5-11,14,19,30H,3-4,12H2,(H,27,31)/t19-/m1/s1. The topological polar surface area (TPSA) is 97.1 Å². The van der Waals surface area contributed by atoms with Gasteiger partial charge in [-0.2, -0.15) is 23.0 Å². The molecule has 7 nitrogen and oxygen atoms in total. The van der Waals surface area contributed by atoms with Gasteiger partial charge in [-0.15, -0.1) is 0 Å². The van der Waals surface area contributed by atoms with Crippen LogP contribution in [-0.4, -0.2) is 38.4 Å². The number of hydrogen-bond donors (Lipinski definition) is 2. The molecule has 2 aromatic heterocycles. The van der Waals surface area contributed by atoms with E-state index in [0.29, 0.717) is 11.3 Å². The van der Waals surface area contributed by atoms with E-state index in [-0.39, 0.29) is 23.8 Å². The third kappa shape index (κ3) is 4.54. The Morgan fingerprint density at radius 3 is 2.50 bits per heavy atom. The Kier molecular flexibility index (Phi) is 5.79. The van der Waals surface area contributed by atoms with E-state index in [4.69, 9.17) is 0 Å². The van der Waals surface area contributed by atoms with E-state index in [9.17, 15) is 27.9 Å². The van der Waals surface area contributed by atoms with Crippen LogP contribution in [0.5, 0.6) is 0 Å². The summed E-state index contributed by atoms with van der Waals surface area (Å²) in [6, 6.07) is 8.20. The molecule has 32 heavy (non-hydrogen) atoms. The molecule has 0 radical (unpaired) electrons. The predicted octanol–water partition coefficient (Wildman–Crippen LogP) is 2.81. The minimum atomic E-state index is -4.49. The number of nitrogens with one attached hydrogen (secondary N) is 1. The largest absolute Gasteiger partial charge is 0.416 e. The minimum absolute atomic E-state index is 0.138. The van der Waals surface area contributed by atoms with Crippen LogP contribution in [-0.2, 0) is 6.18 Å². The van der Waals surface area contributed by atoms with Crippen LogP contribution in [0.4, 0.5) is 13.2 Å². The lowest BCUT2D eigenvalue weighted by Gasteiger charge is -2.16. The van der Waals surface area contributed by atoms with Crippen molar-refractivity contribution in [1.29, 1.82) is 0 Å². The number of aliphatic hydroxyl groups excluding tert-OH is 1. The van der Waals surface area contributed by atoms with Crippen molar-refractivity contribution in [2.75, 3.05) is 6.61 Å². The molecule has 0 saturated heterocycles. The Labute approximate surface area is 180 Å². The second-order valence-corrected chi connectivity index (χ2v) is 7.55. The summed E-state index contributed by atoms with van der Waals surface area (Å²) in [5.74, 6) is -0.533. The zero-order chi connectivity index (χ0) is 22.9. The van der Waals surface area contributed by atoms with Crippen molar-refractivity contribution in [2.45, 2.75) is 25.1 Å². The van der Waals surface area contributed by atoms with E-state index in [1.165, 1.54) is 30.6 Å². The van der Waals surface area contributed by atoms with Gasteiger partial charge in [-0.3, -0.25) is 14.6 Å². The molecule has 4 rings (SSSR count). The van der Waals surface area contributed by atoms with E-state index >= 15 is 0 Å². The Morgan fingerprint density at radius 2 is 1.94 bits per heavy atom. The molecular weight excluding hydrogens is 425 g/mol. The number of rotatable bonds is 6. The minimum Gasteiger partial charge on any atom is -0.394 e. The van der Waals surface area contributed by atoms with E-state index in [1.807, 2.05) is 0 Å². The fourth-order valence-corrected chi connectivity index (χ4v) is 3.34. The van der Waals surface area contributed by atoms with Crippen LogP contribution in [0.1, 0.15) is 28.8 Å². The highest BCUT2D eigenvalue weighted by molar-refractivity contribution is 5.95. The fourth-order valence-electron chi connectivity index (χ4n) is 3.34. The zero-order valence-electron chi connectivity index (χ0n) is 16.7. The third-order valence-electron chi connectivity index (χ3n) is 5.26. The summed E-state index contributed by atoms with van der Waals surface area (Å²) in [6.45, 7) is -0.260. The first-order chi connectivity index (χ1) is 15.3. The normalized spacial score (nSPS) is 14.8. The molecule has 1 saturated carbocycles. The summed E-state index contributed by atoms with van der Waals surface area (Å²) in [4.78, 5) is 29.9. The first-order valence-corrected chi connectivity index (χ1v) is 9.92. The van der Waals surface area contributed by atoms with Crippen molar-refractivity contribution < 1.29 is 23.1 Å². The molecule has 1 amide bonds.